The summed E-state index contributed by atoms with van der Waals surface area (Å²) in [6.45, 7) is 7.57. The zero-order valence-electron chi connectivity index (χ0n) is 33.8. The molecule has 1 unspecified atom stereocenters. The molecule has 55 heavy (non-hydrogen) atoms. The van der Waals surface area contributed by atoms with Gasteiger partial charge in [-0.1, -0.05) is 55.5 Å². The van der Waals surface area contributed by atoms with Crippen molar-refractivity contribution in [2.75, 3.05) is 89.1 Å². The lowest BCUT2D eigenvalue weighted by Crippen LogP contribution is -3.00. The number of hydrazone groups is 1. The monoisotopic (exact) mass is 798 g/mol. The molecule has 0 radical (unpaired) electrons. The fraction of sp³-hybridized carbons (Fsp3) is 0.283. The summed E-state index contributed by atoms with van der Waals surface area (Å²) in [4.78, 5) is 6.67. The van der Waals surface area contributed by atoms with Crippen LogP contribution in [0.3, 0.4) is 0 Å². The fourth-order valence-corrected chi connectivity index (χ4v) is 6.91. The molecule has 0 heterocycles. The molecule has 0 spiro atoms. The minimum Gasteiger partial charge on any atom is -1.00 e. The van der Waals surface area contributed by atoms with E-state index in [0.29, 0.717) is 0 Å². The Morgan fingerprint density at radius 2 is 1.20 bits per heavy atom. The van der Waals surface area contributed by atoms with Crippen LogP contribution in [-0.4, -0.2) is 79.7 Å². The van der Waals surface area contributed by atoms with Crippen molar-refractivity contribution in [1.29, 1.82) is 0 Å². The van der Waals surface area contributed by atoms with Crippen molar-refractivity contribution in [1.82, 2.24) is 0 Å². The summed E-state index contributed by atoms with van der Waals surface area (Å²) in [7, 11) is 15.0. The topological polar surface area (TPSA) is 58.8 Å². The Balaban J connectivity index is 0.00000580. The molecule has 1 atom stereocenters. The quantitative estimate of drug-likeness (QED) is 0.0556. The number of nitrogens with zero attached hydrogens (tertiary/aromatic N) is 7. The van der Waals surface area contributed by atoms with E-state index in [1.165, 1.54) is 50.5 Å². The van der Waals surface area contributed by atoms with Crippen LogP contribution >= 0.6 is 0 Å². The van der Waals surface area contributed by atoms with E-state index in [2.05, 4.69) is 172 Å². The molecular formula is C46H55BrN8. The maximum atomic E-state index is 4.72. The third-order valence-corrected chi connectivity index (χ3v) is 10.1. The zero-order chi connectivity index (χ0) is 38.4. The van der Waals surface area contributed by atoms with Gasteiger partial charge in [-0.3, -0.25) is 5.43 Å². The Morgan fingerprint density at radius 3 is 1.73 bits per heavy atom. The van der Waals surface area contributed by atoms with Gasteiger partial charge in [0.1, 0.15) is 0 Å². The van der Waals surface area contributed by atoms with E-state index < -0.39 is 0 Å². The number of allylic oxidation sites excluding steroid dienone is 1. The maximum absolute atomic E-state index is 4.72. The highest BCUT2D eigenvalue weighted by Gasteiger charge is 2.32. The Labute approximate surface area is 338 Å². The van der Waals surface area contributed by atoms with Crippen LogP contribution in [0.5, 0.6) is 0 Å². The molecule has 0 amide bonds. The molecular weight excluding hydrogens is 744 g/mol. The molecule has 9 heteroatoms. The first-order valence-corrected chi connectivity index (χ1v) is 18.8. The van der Waals surface area contributed by atoms with Crippen LogP contribution in [0.25, 0.3) is 11.1 Å². The van der Waals surface area contributed by atoms with Gasteiger partial charge in [0.25, 0.3) is 0 Å². The standard InChI is InChI=1S/C46H55N8.BrH/c1-10-53(30-31-54(7,8)9)41-28-22-38(23-29-41)49-48-37-20-14-34(15-21-37)32-47-50-43-13-11-12-42-33(2)44(35-16-24-39(25-17-35)51(3)4)45(46(42)43)36-18-26-40(27-19-36)52(5)6;/h11-29,32-33,50H,10,30-31H2,1-9H3;1H/q+1;/p-1/b47-32+,49-48+;. The van der Waals surface area contributed by atoms with Crippen molar-refractivity contribution in [3.8, 4) is 0 Å². The van der Waals surface area contributed by atoms with Gasteiger partial charge in [-0.05, 0) is 107 Å². The summed E-state index contributed by atoms with van der Waals surface area (Å²) >= 11 is 0. The fourth-order valence-electron chi connectivity index (χ4n) is 6.91. The highest BCUT2D eigenvalue weighted by atomic mass is 79.9. The van der Waals surface area contributed by atoms with Crippen LogP contribution in [0.2, 0.25) is 0 Å². The molecule has 0 fully saturated rings. The lowest BCUT2D eigenvalue weighted by molar-refractivity contribution is -0.868. The lowest BCUT2D eigenvalue weighted by atomic mass is 9.90. The molecule has 0 aliphatic heterocycles. The summed E-state index contributed by atoms with van der Waals surface area (Å²) in [6.07, 6.45) is 1.85. The number of halogens is 1. The van der Waals surface area contributed by atoms with Crippen LogP contribution < -0.4 is 37.1 Å². The van der Waals surface area contributed by atoms with Gasteiger partial charge < -0.3 is 36.2 Å². The average molecular weight is 800 g/mol. The number of likely N-dealkylation sites (N-methyl/N-ethyl adjacent to an activating group) is 2. The smallest absolute Gasteiger partial charge is 0.0958 e. The number of benzene rings is 5. The van der Waals surface area contributed by atoms with Crippen LogP contribution in [0.4, 0.5) is 34.1 Å². The van der Waals surface area contributed by atoms with E-state index in [1.54, 1.807) is 0 Å². The van der Waals surface area contributed by atoms with Crippen molar-refractivity contribution >= 4 is 51.5 Å². The molecule has 8 nitrogen and oxygen atoms in total. The van der Waals surface area contributed by atoms with Gasteiger partial charge in [0.2, 0.25) is 0 Å². The largest absolute Gasteiger partial charge is 1.00 e. The number of hydrogen-bond acceptors (Lipinski definition) is 7. The van der Waals surface area contributed by atoms with Crippen LogP contribution in [0, 0.1) is 0 Å². The molecule has 0 aromatic heterocycles. The molecule has 1 aliphatic carbocycles. The Hall–Kier alpha value is -5.25. The summed E-state index contributed by atoms with van der Waals surface area (Å²) in [5.74, 6) is 0.211. The first kappa shape index (κ1) is 40.9. The van der Waals surface area contributed by atoms with Crippen molar-refractivity contribution in [2.45, 2.75) is 19.8 Å². The highest BCUT2D eigenvalue weighted by molar-refractivity contribution is 6.08. The number of nitrogens with one attached hydrogen (secondary N) is 1. The van der Waals surface area contributed by atoms with Crippen LogP contribution in [0.15, 0.2) is 131 Å². The summed E-state index contributed by atoms with van der Waals surface area (Å²) in [6, 6.07) is 40.6. The van der Waals surface area contributed by atoms with Gasteiger partial charge in [0.05, 0.1) is 57.5 Å². The molecule has 1 aliphatic rings. The Bertz CT molecular complexity index is 2110. The highest BCUT2D eigenvalue weighted by Crippen LogP contribution is 2.52. The SMILES string of the molecule is CCN(CC[N+](C)(C)C)c1ccc(/N=N/c2ccc(/C=N/Nc3cccc4c3C(c3ccc(N(C)C)cc3)=C(c3ccc(N(C)C)cc3)C4C)cc2)cc1.[Br-]. The normalized spacial score (nSPS) is 13.9. The summed E-state index contributed by atoms with van der Waals surface area (Å²) < 4.78 is 0.942. The van der Waals surface area contributed by atoms with Gasteiger partial charge >= 0.3 is 0 Å². The maximum Gasteiger partial charge on any atom is 0.0958 e. The number of anilines is 4. The van der Waals surface area contributed by atoms with E-state index in [4.69, 9.17) is 5.10 Å². The molecule has 286 valence electrons. The van der Waals surface area contributed by atoms with Crippen LogP contribution in [-0.2, 0) is 0 Å². The second kappa shape index (κ2) is 17.9. The Morgan fingerprint density at radius 1 is 0.673 bits per heavy atom. The predicted octanol–water partition coefficient (Wildman–Crippen LogP) is 7.29. The molecule has 0 saturated carbocycles. The second-order valence-corrected chi connectivity index (χ2v) is 15.4. The minimum absolute atomic E-state index is 0. The van der Waals surface area contributed by atoms with Crippen molar-refractivity contribution < 1.29 is 21.5 Å². The number of azo groups is 1. The summed E-state index contributed by atoms with van der Waals surface area (Å²) in [5, 5.41) is 13.7. The van der Waals surface area contributed by atoms with Gasteiger partial charge in [0, 0.05) is 63.3 Å². The van der Waals surface area contributed by atoms with E-state index in [0.717, 1.165) is 46.7 Å². The molecule has 5 aromatic rings. The first-order chi connectivity index (χ1) is 25.9. The molecule has 0 saturated heterocycles. The van der Waals surface area contributed by atoms with E-state index >= 15 is 0 Å². The number of quaternary nitrogens is 1. The van der Waals surface area contributed by atoms with Gasteiger partial charge in [-0.2, -0.15) is 15.3 Å². The van der Waals surface area contributed by atoms with Gasteiger partial charge in [-0.15, -0.1) is 0 Å². The lowest BCUT2D eigenvalue weighted by Gasteiger charge is -2.29. The van der Waals surface area contributed by atoms with E-state index in [1.807, 2.05) is 42.6 Å². The van der Waals surface area contributed by atoms with E-state index in [-0.39, 0.29) is 22.9 Å². The minimum atomic E-state index is 0. The number of fused-ring (bicyclic) bond motifs is 1. The molecule has 1 N–H and O–H groups in total. The summed E-state index contributed by atoms with van der Waals surface area (Å²) in [5.41, 5.74) is 18.0. The number of hydrogen-bond donors (Lipinski definition) is 1. The predicted molar refractivity (Wildman–Crippen MR) is 231 cm³/mol. The molecule has 0 bridgehead atoms. The van der Waals surface area contributed by atoms with Crippen molar-refractivity contribution in [3.05, 3.63) is 143 Å². The van der Waals surface area contributed by atoms with Crippen molar-refractivity contribution in [3.63, 3.8) is 0 Å². The van der Waals surface area contributed by atoms with Crippen molar-refractivity contribution in [2.24, 2.45) is 15.3 Å². The Kier molecular flexibility index (Phi) is 13.3. The van der Waals surface area contributed by atoms with Gasteiger partial charge in [0.15, 0.2) is 0 Å². The number of rotatable bonds is 14. The first-order valence-electron chi connectivity index (χ1n) is 18.8. The van der Waals surface area contributed by atoms with Crippen LogP contribution in [0.1, 0.15) is 47.6 Å². The average Bonchev–Trinajstić information content (AvgIpc) is 3.47. The second-order valence-electron chi connectivity index (χ2n) is 15.4. The zero-order valence-corrected chi connectivity index (χ0v) is 35.3. The van der Waals surface area contributed by atoms with Gasteiger partial charge in [-0.25, -0.2) is 0 Å². The molecule has 6 rings (SSSR count). The third kappa shape index (κ3) is 9.90. The molecule has 5 aromatic carbocycles. The third-order valence-electron chi connectivity index (χ3n) is 10.1. The van der Waals surface area contributed by atoms with E-state index in [9.17, 15) is 0 Å².